The van der Waals surface area contributed by atoms with E-state index in [1.54, 1.807) is 0 Å². The second kappa shape index (κ2) is 5.27. The second-order valence-corrected chi connectivity index (χ2v) is 4.98. The van der Waals surface area contributed by atoms with Gasteiger partial charge in [-0.1, -0.05) is 28.1 Å². The molecule has 0 amide bonds. The van der Waals surface area contributed by atoms with E-state index in [2.05, 4.69) is 22.0 Å². The van der Waals surface area contributed by atoms with Gasteiger partial charge in [0, 0.05) is 17.0 Å². The number of rotatable bonds is 3. The highest BCUT2D eigenvalue weighted by Gasteiger charge is 2.20. The van der Waals surface area contributed by atoms with Crippen molar-refractivity contribution in [1.82, 2.24) is 0 Å². The third-order valence-electron chi connectivity index (χ3n) is 3.02. The Labute approximate surface area is 104 Å². The Balaban J connectivity index is 2.22. The number of halogens is 1. The molecule has 2 rings (SSSR count). The lowest BCUT2D eigenvalue weighted by molar-refractivity contribution is 0.194. The Bertz CT molecular complexity index is 364. The predicted molar refractivity (Wildman–Crippen MR) is 66.3 cm³/mol. The van der Waals surface area contributed by atoms with Crippen LogP contribution in [-0.2, 0) is 4.74 Å². The van der Waals surface area contributed by atoms with Gasteiger partial charge in [0.25, 0.3) is 0 Å². The molecule has 4 heteroatoms. The fourth-order valence-corrected chi connectivity index (χ4v) is 2.71. The molecule has 88 valence electrons. The molecule has 1 aromatic carbocycles. The molecule has 1 aliphatic rings. The van der Waals surface area contributed by atoms with Crippen LogP contribution in [0.2, 0.25) is 0 Å². The van der Waals surface area contributed by atoms with Crippen LogP contribution in [0.15, 0.2) is 22.7 Å². The molecule has 2 atom stereocenters. The lowest BCUT2D eigenvalue weighted by Crippen LogP contribution is -2.14. The van der Waals surface area contributed by atoms with Gasteiger partial charge in [0.2, 0.25) is 0 Å². The standard InChI is InChI=1S/C12H16BrNO2/c13-11-5-8(12(14)6-15)1-2-10(11)9-3-4-16-7-9/h1-2,5,9,12,15H,3-4,6-7,14H2. The molecule has 0 spiro atoms. The van der Waals surface area contributed by atoms with E-state index in [1.165, 1.54) is 5.56 Å². The molecule has 0 aromatic heterocycles. The molecule has 1 aliphatic heterocycles. The molecule has 0 radical (unpaired) electrons. The fraction of sp³-hybridized carbons (Fsp3) is 0.500. The van der Waals surface area contributed by atoms with Crippen molar-refractivity contribution in [2.75, 3.05) is 19.8 Å². The van der Waals surface area contributed by atoms with Gasteiger partial charge in [0.05, 0.1) is 19.3 Å². The van der Waals surface area contributed by atoms with Crippen LogP contribution in [0.5, 0.6) is 0 Å². The zero-order chi connectivity index (χ0) is 11.5. The Kier molecular flexibility index (Phi) is 3.97. The minimum absolute atomic E-state index is 0.0294. The first-order chi connectivity index (χ1) is 7.72. The first-order valence-corrected chi connectivity index (χ1v) is 6.25. The average molecular weight is 286 g/mol. The van der Waals surface area contributed by atoms with E-state index in [0.29, 0.717) is 5.92 Å². The predicted octanol–water partition coefficient (Wildman–Crippen LogP) is 1.95. The van der Waals surface area contributed by atoms with Crippen LogP contribution in [0.3, 0.4) is 0 Å². The van der Waals surface area contributed by atoms with Gasteiger partial charge < -0.3 is 15.6 Å². The van der Waals surface area contributed by atoms with Crippen molar-refractivity contribution in [2.24, 2.45) is 5.73 Å². The Morgan fingerprint density at radius 1 is 1.56 bits per heavy atom. The van der Waals surface area contributed by atoms with Crippen molar-refractivity contribution in [3.05, 3.63) is 33.8 Å². The summed E-state index contributed by atoms with van der Waals surface area (Å²) in [6, 6.07) is 5.76. The van der Waals surface area contributed by atoms with Gasteiger partial charge in [-0.25, -0.2) is 0 Å². The topological polar surface area (TPSA) is 55.5 Å². The normalized spacial score (nSPS) is 22.3. The van der Waals surface area contributed by atoms with Gasteiger partial charge in [0.1, 0.15) is 0 Å². The molecule has 0 bridgehead atoms. The summed E-state index contributed by atoms with van der Waals surface area (Å²) in [5.74, 6) is 0.480. The number of aliphatic hydroxyl groups is 1. The zero-order valence-corrected chi connectivity index (χ0v) is 10.6. The van der Waals surface area contributed by atoms with Crippen molar-refractivity contribution in [3.8, 4) is 0 Å². The molecular weight excluding hydrogens is 270 g/mol. The van der Waals surface area contributed by atoms with E-state index in [1.807, 2.05) is 12.1 Å². The van der Waals surface area contributed by atoms with Crippen molar-refractivity contribution in [2.45, 2.75) is 18.4 Å². The lowest BCUT2D eigenvalue weighted by Gasteiger charge is -2.14. The van der Waals surface area contributed by atoms with Crippen LogP contribution in [-0.4, -0.2) is 24.9 Å². The molecule has 0 saturated carbocycles. The summed E-state index contributed by atoms with van der Waals surface area (Å²) in [5, 5.41) is 9.00. The summed E-state index contributed by atoms with van der Waals surface area (Å²) in [6.45, 7) is 1.61. The van der Waals surface area contributed by atoms with Gasteiger partial charge >= 0.3 is 0 Å². The van der Waals surface area contributed by atoms with Crippen molar-refractivity contribution in [3.63, 3.8) is 0 Å². The lowest BCUT2D eigenvalue weighted by atomic mass is 9.96. The summed E-state index contributed by atoms with van der Waals surface area (Å²) in [5.41, 5.74) is 8.00. The first kappa shape index (κ1) is 12.0. The van der Waals surface area contributed by atoms with Crippen molar-refractivity contribution < 1.29 is 9.84 Å². The molecule has 1 saturated heterocycles. The van der Waals surface area contributed by atoms with Gasteiger partial charge in [-0.2, -0.15) is 0 Å². The van der Waals surface area contributed by atoms with E-state index in [-0.39, 0.29) is 12.6 Å². The Hall–Kier alpha value is -0.420. The number of hydrogen-bond donors (Lipinski definition) is 2. The summed E-state index contributed by atoms with van der Waals surface area (Å²) >= 11 is 3.56. The smallest absolute Gasteiger partial charge is 0.0624 e. The molecule has 1 aromatic rings. The number of nitrogens with two attached hydrogens (primary N) is 1. The van der Waals surface area contributed by atoms with Gasteiger partial charge in [-0.3, -0.25) is 0 Å². The third kappa shape index (κ3) is 2.46. The molecule has 3 N–H and O–H groups in total. The van der Waals surface area contributed by atoms with E-state index in [0.717, 1.165) is 29.7 Å². The minimum atomic E-state index is -0.301. The van der Waals surface area contributed by atoms with Gasteiger partial charge in [-0.05, 0) is 23.6 Å². The molecular formula is C12H16BrNO2. The first-order valence-electron chi connectivity index (χ1n) is 5.46. The van der Waals surface area contributed by atoms with Gasteiger partial charge in [-0.15, -0.1) is 0 Å². The maximum Gasteiger partial charge on any atom is 0.0624 e. The maximum atomic E-state index is 9.00. The van der Waals surface area contributed by atoms with Crippen LogP contribution in [0, 0.1) is 0 Å². The molecule has 16 heavy (non-hydrogen) atoms. The number of aliphatic hydroxyl groups excluding tert-OH is 1. The van der Waals surface area contributed by atoms with E-state index < -0.39 is 0 Å². The Morgan fingerprint density at radius 3 is 2.94 bits per heavy atom. The van der Waals surface area contributed by atoms with Crippen LogP contribution in [0.25, 0.3) is 0 Å². The second-order valence-electron chi connectivity index (χ2n) is 4.13. The van der Waals surface area contributed by atoms with Crippen molar-refractivity contribution in [1.29, 1.82) is 0 Å². The van der Waals surface area contributed by atoms with Crippen LogP contribution in [0.4, 0.5) is 0 Å². The highest BCUT2D eigenvalue weighted by molar-refractivity contribution is 9.10. The Morgan fingerprint density at radius 2 is 2.38 bits per heavy atom. The van der Waals surface area contributed by atoms with Gasteiger partial charge in [0.15, 0.2) is 0 Å². The molecule has 1 heterocycles. The van der Waals surface area contributed by atoms with E-state index >= 15 is 0 Å². The SMILES string of the molecule is NC(CO)c1ccc(C2CCOC2)c(Br)c1. The quantitative estimate of drug-likeness (QED) is 0.893. The van der Waals surface area contributed by atoms with E-state index in [4.69, 9.17) is 15.6 Å². The zero-order valence-electron chi connectivity index (χ0n) is 9.03. The highest BCUT2D eigenvalue weighted by atomic mass is 79.9. The molecule has 1 fully saturated rings. The third-order valence-corrected chi connectivity index (χ3v) is 3.71. The number of hydrogen-bond acceptors (Lipinski definition) is 3. The summed E-state index contributed by atoms with van der Waals surface area (Å²) < 4.78 is 6.44. The van der Waals surface area contributed by atoms with Crippen molar-refractivity contribution >= 4 is 15.9 Å². The molecule has 3 nitrogen and oxygen atoms in total. The van der Waals surface area contributed by atoms with Crippen LogP contribution >= 0.6 is 15.9 Å². The molecule has 0 aliphatic carbocycles. The fourth-order valence-electron chi connectivity index (χ4n) is 1.99. The highest BCUT2D eigenvalue weighted by Crippen LogP contribution is 2.32. The largest absolute Gasteiger partial charge is 0.394 e. The maximum absolute atomic E-state index is 9.00. The van der Waals surface area contributed by atoms with E-state index in [9.17, 15) is 0 Å². The summed E-state index contributed by atoms with van der Waals surface area (Å²) in [6.07, 6.45) is 1.07. The minimum Gasteiger partial charge on any atom is -0.394 e. The van der Waals surface area contributed by atoms with Crippen LogP contribution in [0.1, 0.15) is 29.5 Å². The number of benzene rings is 1. The average Bonchev–Trinajstić information content (AvgIpc) is 2.81. The molecule has 2 unspecified atom stereocenters. The monoisotopic (exact) mass is 285 g/mol. The van der Waals surface area contributed by atoms with Crippen LogP contribution < -0.4 is 5.73 Å². The summed E-state index contributed by atoms with van der Waals surface area (Å²) in [4.78, 5) is 0. The summed E-state index contributed by atoms with van der Waals surface area (Å²) in [7, 11) is 0. The number of ether oxygens (including phenoxy) is 1.